The molecule has 0 saturated carbocycles. The monoisotopic (exact) mass is 291 g/mol. The van der Waals surface area contributed by atoms with Gasteiger partial charge in [-0.3, -0.25) is 9.69 Å². The molecule has 0 aromatic rings. The molecular weight excluding hydrogens is 262 g/mol. The maximum atomic E-state index is 11.7. The zero-order chi connectivity index (χ0) is 13.4. The second kappa shape index (κ2) is 10.5. The van der Waals surface area contributed by atoms with E-state index in [1.165, 1.54) is 0 Å². The number of hydrogen-bond acceptors (Lipinski definition) is 3. The topological polar surface area (TPSA) is 44.4 Å². The quantitative estimate of drug-likeness (QED) is 0.747. The highest BCUT2D eigenvalue weighted by atomic mass is 35.5. The van der Waals surface area contributed by atoms with Crippen LogP contribution in [0.3, 0.4) is 0 Å². The molecule has 0 spiro atoms. The van der Waals surface area contributed by atoms with Gasteiger partial charge < -0.3 is 10.6 Å². The summed E-state index contributed by atoms with van der Waals surface area (Å²) in [4.78, 5) is 14.1. The summed E-state index contributed by atoms with van der Waals surface area (Å²) in [6, 6.07) is 0. The molecule has 1 aliphatic rings. The fourth-order valence-corrected chi connectivity index (χ4v) is 2.56. The summed E-state index contributed by atoms with van der Waals surface area (Å²) in [6.45, 7) is 12.7. The molecule has 0 aromatic carbocycles. The first-order chi connectivity index (χ1) is 8.58. The summed E-state index contributed by atoms with van der Waals surface area (Å²) in [5.74, 6) is 1.37. The van der Waals surface area contributed by atoms with Crippen molar-refractivity contribution in [2.24, 2.45) is 11.8 Å². The van der Waals surface area contributed by atoms with Crippen LogP contribution in [0.5, 0.6) is 0 Å². The van der Waals surface area contributed by atoms with E-state index >= 15 is 0 Å². The van der Waals surface area contributed by atoms with Crippen LogP contribution in [0.2, 0.25) is 0 Å². The van der Waals surface area contributed by atoms with Crippen molar-refractivity contribution < 1.29 is 4.79 Å². The molecule has 1 heterocycles. The van der Waals surface area contributed by atoms with Crippen molar-refractivity contribution in [1.29, 1.82) is 0 Å². The molecule has 1 atom stereocenters. The van der Waals surface area contributed by atoms with Gasteiger partial charge in [0.25, 0.3) is 0 Å². The Bertz CT molecular complexity index is 243. The second-order valence-corrected chi connectivity index (χ2v) is 5.88. The van der Waals surface area contributed by atoms with Gasteiger partial charge >= 0.3 is 0 Å². The third kappa shape index (κ3) is 9.25. The molecule has 1 saturated heterocycles. The highest BCUT2D eigenvalue weighted by molar-refractivity contribution is 5.85. The molecule has 19 heavy (non-hydrogen) atoms. The first-order valence-corrected chi connectivity index (χ1v) is 7.27. The van der Waals surface area contributed by atoms with Crippen LogP contribution in [0, 0.1) is 11.8 Å². The van der Waals surface area contributed by atoms with E-state index in [0.29, 0.717) is 18.3 Å². The molecule has 4 nitrogen and oxygen atoms in total. The number of amides is 1. The molecule has 1 fully saturated rings. The lowest BCUT2D eigenvalue weighted by Gasteiger charge is -2.27. The van der Waals surface area contributed by atoms with Crippen LogP contribution in [0.1, 0.15) is 33.6 Å². The van der Waals surface area contributed by atoms with Gasteiger partial charge in [0.1, 0.15) is 0 Å². The smallest absolute Gasteiger partial charge is 0.220 e. The summed E-state index contributed by atoms with van der Waals surface area (Å²) < 4.78 is 0. The second-order valence-electron chi connectivity index (χ2n) is 5.88. The molecule has 1 amide bonds. The predicted molar refractivity (Wildman–Crippen MR) is 82.8 cm³/mol. The molecule has 5 heteroatoms. The van der Waals surface area contributed by atoms with Gasteiger partial charge in [0, 0.05) is 45.7 Å². The van der Waals surface area contributed by atoms with Gasteiger partial charge in [-0.2, -0.15) is 0 Å². The fourth-order valence-electron chi connectivity index (χ4n) is 2.56. The van der Waals surface area contributed by atoms with Crippen molar-refractivity contribution in [3.8, 4) is 0 Å². The van der Waals surface area contributed by atoms with E-state index in [9.17, 15) is 4.79 Å². The molecule has 2 N–H and O–H groups in total. The molecule has 0 bridgehead atoms. The molecule has 0 aromatic heterocycles. The third-order valence-corrected chi connectivity index (χ3v) is 3.37. The number of halogens is 1. The summed E-state index contributed by atoms with van der Waals surface area (Å²) in [6.07, 6.45) is 1.80. The van der Waals surface area contributed by atoms with Crippen LogP contribution in [-0.2, 0) is 4.79 Å². The van der Waals surface area contributed by atoms with E-state index in [1.807, 2.05) is 0 Å². The maximum absolute atomic E-state index is 11.7. The average molecular weight is 292 g/mol. The van der Waals surface area contributed by atoms with Crippen molar-refractivity contribution >= 4 is 18.3 Å². The fraction of sp³-hybridized carbons (Fsp3) is 0.929. The van der Waals surface area contributed by atoms with Crippen LogP contribution in [0.4, 0.5) is 0 Å². The lowest BCUT2D eigenvalue weighted by atomic mass is 9.96. The van der Waals surface area contributed by atoms with E-state index in [-0.39, 0.29) is 18.3 Å². The lowest BCUT2D eigenvalue weighted by molar-refractivity contribution is -0.122. The maximum Gasteiger partial charge on any atom is 0.220 e. The van der Waals surface area contributed by atoms with Gasteiger partial charge in [-0.05, 0) is 18.3 Å². The van der Waals surface area contributed by atoms with Crippen LogP contribution in [0.15, 0.2) is 0 Å². The zero-order valence-electron chi connectivity index (χ0n) is 12.6. The summed E-state index contributed by atoms with van der Waals surface area (Å²) in [7, 11) is 0. The number of rotatable bonds is 7. The van der Waals surface area contributed by atoms with Crippen LogP contribution >= 0.6 is 12.4 Å². The van der Waals surface area contributed by atoms with E-state index in [0.717, 1.165) is 45.7 Å². The predicted octanol–water partition coefficient (Wildman–Crippen LogP) is 1.50. The zero-order valence-corrected chi connectivity index (χ0v) is 13.4. The Morgan fingerprint density at radius 2 is 1.89 bits per heavy atom. The Kier molecular flexibility index (Phi) is 10.3. The minimum Gasteiger partial charge on any atom is -0.355 e. The van der Waals surface area contributed by atoms with Crippen molar-refractivity contribution in [2.75, 3.05) is 39.3 Å². The van der Waals surface area contributed by atoms with Crippen molar-refractivity contribution in [3.63, 3.8) is 0 Å². The Balaban J connectivity index is 0.00000324. The van der Waals surface area contributed by atoms with E-state index in [1.54, 1.807) is 0 Å². The van der Waals surface area contributed by atoms with Crippen molar-refractivity contribution in [1.82, 2.24) is 15.5 Å². The van der Waals surface area contributed by atoms with Crippen molar-refractivity contribution in [3.05, 3.63) is 0 Å². The Morgan fingerprint density at radius 3 is 2.47 bits per heavy atom. The highest BCUT2D eigenvalue weighted by Gasteiger charge is 2.12. The molecule has 1 aliphatic heterocycles. The Morgan fingerprint density at radius 1 is 1.26 bits per heavy atom. The van der Waals surface area contributed by atoms with Crippen LogP contribution < -0.4 is 10.6 Å². The summed E-state index contributed by atoms with van der Waals surface area (Å²) in [5.41, 5.74) is 0. The minimum atomic E-state index is 0. The van der Waals surface area contributed by atoms with Gasteiger partial charge in [-0.25, -0.2) is 0 Å². The van der Waals surface area contributed by atoms with Gasteiger partial charge in [0.2, 0.25) is 5.91 Å². The summed E-state index contributed by atoms with van der Waals surface area (Å²) in [5, 5.41) is 6.36. The highest BCUT2D eigenvalue weighted by Crippen LogP contribution is 2.13. The first-order valence-electron chi connectivity index (χ1n) is 7.27. The normalized spacial score (nSPS) is 17.9. The van der Waals surface area contributed by atoms with E-state index < -0.39 is 0 Å². The molecule has 0 aliphatic carbocycles. The molecular formula is C14H30ClN3O. The lowest BCUT2D eigenvalue weighted by Crippen LogP contribution is -2.46. The number of nitrogens with zero attached hydrogens (tertiary/aromatic N) is 1. The summed E-state index contributed by atoms with van der Waals surface area (Å²) >= 11 is 0. The Labute approximate surface area is 124 Å². The molecule has 1 rings (SSSR count). The van der Waals surface area contributed by atoms with Gasteiger partial charge in [-0.1, -0.05) is 20.8 Å². The number of nitrogens with one attached hydrogen (secondary N) is 2. The number of carbonyl (C=O) groups excluding carboxylic acids is 1. The number of carbonyl (C=O) groups is 1. The SMILES string of the molecule is CC(C)CC(C)CC(=O)NCCN1CCNCC1.Cl. The number of hydrogen-bond donors (Lipinski definition) is 2. The van der Waals surface area contributed by atoms with Crippen LogP contribution in [0.25, 0.3) is 0 Å². The molecule has 0 radical (unpaired) electrons. The third-order valence-electron chi connectivity index (χ3n) is 3.37. The molecule has 1 unspecified atom stereocenters. The molecule has 114 valence electrons. The van der Waals surface area contributed by atoms with E-state index in [4.69, 9.17) is 0 Å². The minimum absolute atomic E-state index is 0. The number of piperazine rings is 1. The average Bonchev–Trinajstić information content (AvgIpc) is 2.29. The van der Waals surface area contributed by atoms with Crippen LogP contribution in [-0.4, -0.2) is 50.1 Å². The van der Waals surface area contributed by atoms with Gasteiger partial charge in [-0.15, -0.1) is 12.4 Å². The van der Waals surface area contributed by atoms with Gasteiger partial charge in [0.05, 0.1) is 0 Å². The van der Waals surface area contributed by atoms with Crippen molar-refractivity contribution in [2.45, 2.75) is 33.6 Å². The van der Waals surface area contributed by atoms with Gasteiger partial charge in [0.15, 0.2) is 0 Å². The largest absolute Gasteiger partial charge is 0.355 e. The standard InChI is InChI=1S/C14H29N3O.ClH/c1-12(2)10-13(3)11-14(18)16-6-9-17-7-4-15-5-8-17;/h12-13,15H,4-11H2,1-3H3,(H,16,18);1H. The Hall–Kier alpha value is -0.320. The van der Waals surface area contributed by atoms with E-state index in [2.05, 4.69) is 36.3 Å². The first kappa shape index (κ1) is 18.7.